The molecule has 0 aromatic rings. The third-order valence-electron chi connectivity index (χ3n) is 1.27. The van der Waals surface area contributed by atoms with Crippen molar-refractivity contribution in [1.29, 1.82) is 0 Å². The molecule has 6 heteroatoms. The number of ether oxygens (including phenoxy) is 2. The second-order valence-corrected chi connectivity index (χ2v) is 4.50. The van der Waals surface area contributed by atoms with Crippen molar-refractivity contribution in [3.8, 4) is 0 Å². The Morgan fingerprint density at radius 1 is 1.22 bits per heavy atom. The van der Waals surface area contributed by atoms with Crippen LogP contribution in [0.2, 0.25) is 0 Å². The van der Waals surface area contributed by atoms with E-state index in [1.54, 1.807) is 0 Å². The SMILES string of the molecule is CCOC(=S)/C=C(/[S-])OCC.CN(C)C=[N+](C)C. The Kier molecular flexibility index (Phi) is 13.6. The van der Waals surface area contributed by atoms with Gasteiger partial charge in [0.1, 0.15) is 0 Å². The van der Waals surface area contributed by atoms with Crippen molar-refractivity contribution in [1.82, 2.24) is 4.90 Å². The van der Waals surface area contributed by atoms with Gasteiger partial charge >= 0.3 is 0 Å². The van der Waals surface area contributed by atoms with Crippen LogP contribution in [0.5, 0.6) is 0 Å². The lowest BCUT2D eigenvalue weighted by atomic mass is 10.6. The molecule has 0 aromatic carbocycles. The molecule has 0 rings (SSSR count). The first kappa shape index (κ1) is 19.5. The van der Waals surface area contributed by atoms with Crippen LogP contribution >= 0.6 is 12.2 Å². The normalized spacial score (nSPS) is 9.78. The maximum Gasteiger partial charge on any atom is 0.233 e. The number of nitrogens with zero attached hydrogens (tertiary/aromatic N) is 2. The Labute approximate surface area is 122 Å². The van der Waals surface area contributed by atoms with Crippen molar-refractivity contribution < 1.29 is 14.0 Å². The van der Waals surface area contributed by atoms with Gasteiger partial charge in [-0.3, -0.25) is 9.48 Å². The summed E-state index contributed by atoms with van der Waals surface area (Å²) in [6.07, 6.45) is 3.53. The van der Waals surface area contributed by atoms with E-state index in [2.05, 4.69) is 0 Å². The van der Waals surface area contributed by atoms with Crippen LogP contribution < -0.4 is 0 Å². The Morgan fingerprint density at radius 3 is 2.00 bits per heavy atom. The number of rotatable bonds is 5. The van der Waals surface area contributed by atoms with Gasteiger partial charge in [0.15, 0.2) is 5.05 Å². The maximum atomic E-state index is 4.97. The molecule has 0 spiro atoms. The van der Waals surface area contributed by atoms with Crippen molar-refractivity contribution in [2.24, 2.45) is 0 Å². The largest absolute Gasteiger partial charge is 0.742 e. The van der Waals surface area contributed by atoms with E-state index in [4.69, 9.17) is 34.3 Å². The molecule has 0 bridgehead atoms. The van der Waals surface area contributed by atoms with E-state index in [1.807, 2.05) is 57.9 Å². The molecule has 18 heavy (non-hydrogen) atoms. The lowest BCUT2D eigenvalue weighted by Crippen LogP contribution is -2.15. The second kappa shape index (κ2) is 12.6. The zero-order valence-corrected chi connectivity index (χ0v) is 13.7. The van der Waals surface area contributed by atoms with Gasteiger partial charge in [-0.05, 0) is 31.2 Å². The third-order valence-corrected chi connectivity index (χ3v) is 1.74. The summed E-state index contributed by atoms with van der Waals surface area (Å²) >= 11 is 9.60. The van der Waals surface area contributed by atoms with Crippen LogP contribution in [0.1, 0.15) is 13.8 Å². The fraction of sp³-hybridized carbons (Fsp3) is 0.667. The van der Waals surface area contributed by atoms with Crippen LogP contribution in [0.15, 0.2) is 11.2 Å². The minimum atomic E-state index is 0.381. The summed E-state index contributed by atoms with van der Waals surface area (Å²) in [4.78, 5) is 2.00. The molecule has 0 saturated heterocycles. The first-order valence-corrected chi connectivity index (χ1v) is 6.51. The molecule has 0 atom stereocenters. The number of hydrogen-bond donors (Lipinski definition) is 0. The lowest BCUT2D eigenvalue weighted by molar-refractivity contribution is -0.464. The summed E-state index contributed by atoms with van der Waals surface area (Å²) in [7, 11) is 8.00. The molecule has 0 saturated carbocycles. The summed E-state index contributed by atoms with van der Waals surface area (Å²) in [5, 5.41) is 0.761. The fourth-order valence-electron chi connectivity index (χ4n) is 0.926. The zero-order chi connectivity index (χ0) is 14.6. The minimum absolute atomic E-state index is 0.381. The highest BCUT2D eigenvalue weighted by molar-refractivity contribution is 7.80. The minimum Gasteiger partial charge on any atom is -0.742 e. The van der Waals surface area contributed by atoms with Gasteiger partial charge in [-0.15, -0.1) is 0 Å². The molecule has 106 valence electrons. The Bertz CT molecular complexity index is 286. The molecule has 0 amide bonds. The van der Waals surface area contributed by atoms with Gasteiger partial charge in [0, 0.05) is 6.08 Å². The van der Waals surface area contributed by atoms with Gasteiger partial charge in [-0.1, -0.05) is 0 Å². The molecule has 0 aromatic heterocycles. The van der Waals surface area contributed by atoms with Crippen LogP contribution in [0, 0.1) is 0 Å². The fourth-order valence-corrected chi connectivity index (χ4v) is 1.45. The first-order chi connectivity index (χ1) is 8.33. The van der Waals surface area contributed by atoms with E-state index in [0.717, 1.165) is 0 Å². The van der Waals surface area contributed by atoms with E-state index < -0.39 is 0 Å². The van der Waals surface area contributed by atoms with Crippen molar-refractivity contribution in [2.75, 3.05) is 41.4 Å². The van der Waals surface area contributed by atoms with E-state index in [-0.39, 0.29) is 0 Å². The standard InChI is InChI=1S/C7H12O2S2.C5H13N2/c1-3-8-6(10)5-7(11)9-4-2;1-6(2)5-7(3)4/h5,10H,3-4H2,1-2H3;5H,1-4H3/q;+1/p-1/b6-5+;. The molecule has 0 aliphatic carbocycles. The summed E-state index contributed by atoms with van der Waals surface area (Å²) < 4.78 is 11.9. The molecular weight excluding hydrogens is 268 g/mol. The van der Waals surface area contributed by atoms with Crippen LogP contribution in [-0.2, 0) is 22.1 Å². The molecule has 0 radical (unpaired) electrons. The predicted octanol–water partition coefficient (Wildman–Crippen LogP) is 1.62. The molecule has 0 fully saturated rings. The molecule has 0 aliphatic rings. The van der Waals surface area contributed by atoms with Crippen LogP contribution in [0.3, 0.4) is 0 Å². The van der Waals surface area contributed by atoms with E-state index in [9.17, 15) is 0 Å². The Balaban J connectivity index is 0. The van der Waals surface area contributed by atoms with E-state index in [1.165, 1.54) is 6.08 Å². The predicted molar refractivity (Wildman–Crippen MR) is 83.2 cm³/mol. The third kappa shape index (κ3) is 17.5. The average molecular weight is 292 g/mol. The highest BCUT2D eigenvalue weighted by Gasteiger charge is 1.87. The highest BCUT2D eigenvalue weighted by Crippen LogP contribution is 1.95. The molecule has 0 heterocycles. The van der Waals surface area contributed by atoms with Crippen LogP contribution in [0.4, 0.5) is 0 Å². The maximum absolute atomic E-state index is 4.97. The first-order valence-electron chi connectivity index (χ1n) is 5.69. The van der Waals surface area contributed by atoms with Crippen molar-refractivity contribution in [2.45, 2.75) is 13.8 Å². The van der Waals surface area contributed by atoms with Gasteiger partial charge in [0.2, 0.25) is 6.34 Å². The van der Waals surface area contributed by atoms with Gasteiger partial charge in [-0.2, -0.15) is 0 Å². The van der Waals surface area contributed by atoms with Crippen molar-refractivity contribution in [3.05, 3.63) is 11.2 Å². The topological polar surface area (TPSA) is 24.7 Å². The quantitative estimate of drug-likeness (QED) is 0.146. The summed E-state index contributed by atoms with van der Waals surface area (Å²) in [6, 6.07) is 0. The average Bonchev–Trinajstić information content (AvgIpc) is 2.16. The molecule has 4 nitrogen and oxygen atoms in total. The van der Waals surface area contributed by atoms with Gasteiger partial charge < -0.3 is 22.1 Å². The molecule has 0 N–H and O–H groups in total. The number of thiocarbonyl (C=S) groups is 1. The summed E-state index contributed by atoms with van der Waals surface area (Å²) in [5.74, 6) is 0. The van der Waals surface area contributed by atoms with Crippen molar-refractivity contribution in [3.63, 3.8) is 0 Å². The van der Waals surface area contributed by atoms with Crippen LogP contribution in [0.25, 0.3) is 0 Å². The smallest absolute Gasteiger partial charge is 0.233 e. The van der Waals surface area contributed by atoms with E-state index in [0.29, 0.717) is 23.4 Å². The van der Waals surface area contributed by atoms with Crippen molar-refractivity contribution >= 4 is 36.2 Å². The molecule has 0 aliphatic heterocycles. The lowest BCUT2D eigenvalue weighted by Gasteiger charge is -2.12. The van der Waals surface area contributed by atoms with E-state index >= 15 is 0 Å². The van der Waals surface area contributed by atoms with Crippen LogP contribution in [-0.4, -0.2) is 62.3 Å². The Hall–Kier alpha value is -0.880. The highest BCUT2D eigenvalue weighted by atomic mass is 32.1. The molecular formula is C12H24N2O2S2. The van der Waals surface area contributed by atoms with Gasteiger partial charge in [-0.25, -0.2) is 0 Å². The number of hydrogen-bond acceptors (Lipinski definition) is 4. The molecule has 0 unspecified atom stereocenters. The Morgan fingerprint density at radius 2 is 1.72 bits per heavy atom. The van der Waals surface area contributed by atoms with Gasteiger partial charge in [0.25, 0.3) is 0 Å². The second-order valence-electron chi connectivity index (χ2n) is 3.69. The zero-order valence-electron chi connectivity index (χ0n) is 12.1. The van der Waals surface area contributed by atoms with Gasteiger partial charge in [0.05, 0.1) is 41.4 Å². The monoisotopic (exact) mass is 292 g/mol. The summed E-state index contributed by atoms with van der Waals surface area (Å²) in [6.45, 7) is 4.85. The summed E-state index contributed by atoms with van der Waals surface area (Å²) in [5.41, 5.74) is 0.